The Morgan fingerprint density at radius 3 is 2.64 bits per heavy atom. The first-order valence-electron chi connectivity index (χ1n) is 9.22. The molecule has 1 fully saturated rings. The van der Waals surface area contributed by atoms with Gasteiger partial charge in [0, 0.05) is 6.04 Å². The summed E-state index contributed by atoms with van der Waals surface area (Å²) in [5.41, 5.74) is 0.106. The Morgan fingerprint density at radius 1 is 1.14 bits per heavy atom. The van der Waals surface area contributed by atoms with Gasteiger partial charge in [-0.2, -0.15) is 5.10 Å². The fraction of sp³-hybridized carbons (Fsp3) is 0.421. The highest BCUT2D eigenvalue weighted by atomic mass is 19.2. The van der Waals surface area contributed by atoms with Gasteiger partial charge in [-0.1, -0.05) is 6.07 Å². The van der Waals surface area contributed by atoms with Gasteiger partial charge in [-0.15, -0.1) is 0 Å². The number of rotatable bonds is 6. The molecule has 0 radical (unpaired) electrons. The molecule has 1 aliphatic carbocycles. The third-order valence-electron chi connectivity index (χ3n) is 5.05. The van der Waals surface area contributed by atoms with Gasteiger partial charge in [0.2, 0.25) is 0 Å². The van der Waals surface area contributed by atoms with E-state index in [0.29, 0.717) is 5.65 Å². The molecule has 1 saturated carbocycles. The zero-order chi connectivity index (χ0) is 19.5. The first kappa shape index (κ1) is 18.7. The Balaban J connectivity index is 1.28. The molecule has 2 N–H and O–H groups in total. The number of hydrogen-bond donors (Lipinski definition) is 2. The van der Waals surface area contributed by atoms with Crippen molar-refractivity contribution in [2.45, 2.75) is 44.0 Å². The molecule has 2 heterocycles. The summed E-state index contributed by atoms with van der Waals surface area (Å²) in [6.45, 7) is -0.359. The molecule has 1 aromatic carbocycles. The van der Waals surface area contributed by atoms with Crippen LogP contribution in [0.4, 0.5) is 19.0 Å². The van der Waals surface area contributed by atoms with E-state index in [9.17, 15) is 13.2 Å². The van der Waals surface area contributed by atoms with E-state index in [0.717, 1.165) is 49.0 Å². The van der Waals surface area contributed by atoms with E-state index in [-0.39, 0.29) is 18.8 Å². The average molecular weight is 391 g/mol. The third-order valence-corrected chi connectivity index (χ3v) is 5.05. The van der Waals surface area contributed by atoms with E-state index < -0.39 is 23.4 Å². The monoisotopic (exact) mass is 391 g/mol. The normalized spacial score (nSPS) is 21.0. The molecule has 0 spiro atoms. The van der Waals surface area contributed by atoms with Gasteiger partial charge in [0.1, 0.15) is 23.8 Å². The van der Waals surface area contributed by atoms with Crippen LogP contribution in [0.1, 0.15) is 37.4 Å². The molecule has 3 aromatic rings. The number of nitrogens with zero attached hydrogens (tertiary/aromatic N) is 3. The third kappa shape index (κ3) is 3.94. The van der Waals surface area contributed by atoms with E-state index in [4.69, 9.17) is 4.74 Å². The van der Waals surface area contributed by atoms with Crippen LogP contribution in [0.3, 0.4) is 0 Å². The SMILES string of the molecule is Fc1cccc(F)c1[C@H](F)COC1CCC(Nc2ncnc3[nH]ncc23)CC1. The van der Waals surface area contributed by atoms with Gasteiger partial charge in [0.25, 0.3) is 0 Å². The molecule has 1 aliphatic rings. The number of fused-ring (bicyclic) bond motifs is 1. The number of alkyl halides is 1. The molecular formula is C19H20F3N5O. The van der Waals surface area contributed by atoms with E-state index in [2.05, 4.69) is 25.5 Å². The molecular weight excluding hydrogens is 371 g/mol. The minimum atomic E-state index is -1.83. The molecule has 28 heavy (non-hydrogen) atoms. The number of H-pyrrole nitrogens is 1. The Labute approximate surface area is 159 Å². The summed E-state index contributed by atoms with van der Waals surface area (Å²) in [6, 6.07) is 3.51. The number of anilines is 1. The Kier molecular flexibility index (Phi) is 5.43. The van der Waals surface area contributed by atoms with Crippen LogP contribution in [0.5, 0.6) is 0 Å². The topological polar surface area (TPSA) is 75.7 Å². The number of aromatic amines is 1. The number of aromatic nitrogens is 4. The molecule has 0 saturated heterocycles. The Hall–Kier alpha value is -2.68. The van der Waals surface area contributed by atoms with Crippen molar-refractivity contribution in [1.29, 1.82) is 0 Å². The number of hydrogen-bond acceptors (Lipinski definition) is 5. The molecule has 0 amide bonds. The number of halogens is 3. The van der Waals surface area contributed by atoms with E-state index >= 15 is 0 Å². The molecule has 6 nitrogen and oxygen atoms in total. The lowest BCUT2D eigenvalue weighted by Crippen LogP contribution is -2.30. The molecule has 0 unspecified atom stereocenters. The van der Waals surface area contributed by atoms with E-state index in [1.807, 2.05) is 0 Å². The second-order valence-corrected chi connectivity index (χ2v) is 6.91. The number of nitrogens with one attached hydrogen (secondary N) is 2. The minimum Gasteiger partial charge on any atom is -0.375 e. The highest BCUT2D eigenvalue weighted by Gasteiger charge is 2.25. The maximum atomic E-state index is 14.3. The summed E-state index contributed by atoms with van der Waals surface area (Å²) >= 11 is 0. The van der Waals surface area contributed by atoms with Crippen molar-refractivity contribution in [3.05, 3.63) is 47.9 Å². The van der Waals surface area contributed by atoms with Crippen molar-refractivity contribution in [3.8, 4) is 0 Å². The molecule has 0 bridgehead atoms. The van der Waals surface area contributed by atoms with Crippen LogP contribution < -0.4 is 5.32 Å². The van der Waals surface area contributed by atoms with Crippen LogP contribution in [0.2, 0.25) is 0 Å². The highest BCUT2D eigenvalue weighted by Crippen LogP contribution is 2.29. The van der Waals surface area contributed by atoms with Crippen LogP contribution in [-0.2, 0) is 4.74 Å². The minimum absolute atomic E-state index is 0.134. The Morgan fingerprint density at radius 2 is 1.89 bits per heavy atom. The summed E-state index contributed by atoms with van der Waals surface area (Å²) in [4.78, 5) is 8.37. The maximum Gasteiger partial charge on any atom is 0.160 e. The van der Waals surface area contributed by atoms with Crippen LogP contribution in [0.15, 0.2) is 30.7 Å². The molecule has 1 atom stereocenters. The summed E-state index contributed by atoms with van der Waals surface area (Å²) in [5, 5.41) is 11.0. The lowest BCUT2D eigenvalue weighted by Gasteiger charge is -2.30. The summed E-state index contributed by atoms with van der Waals surface area (Å²) < 4.78 is 47.1. The lowest BCUT2D eigenvalue weighted by atomic mass is 9.93. The summed E-state index contributed by atoms with van der Waals surface area (Å²) in [5.74, 6) is -1.05. The average Bonchev–Trinajstić information content (AvgIpc) is 3.17. The molecule has 4 rings (SSSR count). The summed E-state index contributed by atoms with van der Waals surface area (Å²) in [7, 11) is 0. The second-order valence-electron chi connectivity index (χ2n) is 6.91. The van der Waals surface area contributed by atoms with Gasteiger partial charge in [-0.05, 0) is 37.8 Å². The van der Waals surface area contributed by atoms with Gasteiger partial charge < -0.3 is 10.1 Å². The van der Waals surface area contributed by atoms with Gasteiger partial charge >= 0.3 is 0 Å². The van der Waals surface area contributed by atoms with Crippen molar-refractivity contribution in [3.63, 3.8) is 0 Å². The first-order valence-corrected chi connectivity index (χ1v) is 9.22. The van der Waals surface area contributed by atoms with Crippen LogP contribution in [0.25, 0.3) is 11.0 Å². The fourth-order valence-electron chi connectivity index (χ4n) is 3.56. The molecule has 9 heteroatoms. The standard InChI is InChI=1S/C19H20F3N5O/c20-14-2-1-3-15(21)17(14)16(22)9-28-12-6-4-11(5-7-12)26-18-13-8-25-27-19(13)24-10-23-18/h1-3,8,10-12,16H,4-7,9H2,(H2,23,24,25,26,27)/t11?,12?,16-/m1/s1. The van der Waals surface area contributed by atoms with Crippen molar-refractivity contribution in [1.82, 2.24) is 20.2 Å². The number of benzene rings is 1. The van der Waals surface area contributed by atoms with Crippen molar-refractivity contribution >= 4 is 16.9 Å². The zero-order valence-corrected chi connectivity index (χ0v) is 15.0. The van der Waals surface area contributed by atoms with Crippen LogP contribution in [-0.4, -0.2) is 38.9 Å². The Bertz CT molecular complexity index is 922. The van der Waals surface area contributed by atoms with E-state index in [1.54, 1.807) is 6.20 Å². The van der Waals surface area contributed by atoms with Crippen LogP contribution >= 0.6 is 0 Å². The molecule has 0 aliphatic heterocycles. The predicted molar refractivity (Wildman–Crippen MR) is 97.5 cm³/mol. The lowest BCUT2D eigenvalue weighted by molar-refractivity contribution is -0.00386. The smallest absolute Gasteiger partial charge is 0.160 e. The van der Waals surface area contributed by atoms with E-state index in [1.165, 1.54) is 12.4 Å². The first-order chi connectivity index (χ1) is 13.6. The molecule has 2 aromatic heterocycles. The largest absolute Gasteiger partial charge is 0.375 e. The van der Waals surface area contributed by atoms with Gasteiger partial charge in [-0.3, -0.25) is 5.10 Å². The quantitative estimate of drug-likeness (QED) is 0.662. The van der Waals surface area contributed by atoms with Gasteiger partial charge in [-0.25, -0.2) is 23.1 Å². The zero-order valence-electron chi connectivity index (χ0n) is 15.0. The van der Waals surface area contributed by atoms with Crippen molar-refractivity contribution in [2.75, 3.05) is 11.9 Å². The number of ether oxygens (including phenoxy) is 1. The van der Waals surface area contributed by atoms with Crippen LogP contribution in [0, 0.1) is 11.6 Å². The predicted octanol–water partition coefficient (Wildman–Crippen LogP) is 4.08. The van der Waals surface area contributed by atoms with Gasteiger partial charge in [0.05, 0.1) is 29.9 Å². The van der Waals surface area contributed by atoms with Gasteiger partial charge in [0.15, 0.2) is 11.8 Å². The summed E-state index contributed by atoms with van der Waals surface area (Å²) in [6.07, 6.45) is 4.28. The fourth-order valence-corrected chi connectivity index (χ4v) is 3.56. The maximum absolute atomic E-state index is 14.3. The second kappa shape index (κ2) is 8.14. The highest BCUT2D eigenvalue weighted by molar-refractivity contribution is 5.85. The van der Waals surface area contributed by atoms with Crippen molar-refractivity contribution in [2.24, 2.45) is 0 Å². The van der Waals surface area contributed by atoms with Crippen molar-refractivity contribution < 1.29 is 17.9 Å². The molecule has 148 valence electrons.